The average Bonchev–Trinajstić information content (AvgIpc) is 2.53. The van der Waals surface area contributed by atoms with E-state index < -0.39 is 0 Å². The predicted molar refractivity (Wildman–Crippen MR) is 95.2 cm³/mol. The monoisotopic (exact) mass is 336 g/mol. The molecule has 1 atom stereocenters. The quantitative estimate of drug-likeness (QED) is 0.641. The number of carbonyl (C=O) groups excluding carboxylic acids is 2. The molecule has 1 aromatic carbocycles. The predicted octanol–water partition coefficient (Wildman–Crippen LogP) is 0.398. The molecule has 0 aromatic heterocycles. The topological polar surface area (TPSA) is 63.1 Å². The normalized spacial score (nSPS) is 11.9. The highest BCUT2D eigenvalue weighted by Gasteiger charge is 2.19. The highest BCUT2D eigenvalue weighted by atomic mass is 16.5. The Balaban J connectivity index is 2.57. The molecule has 24 heavy (non-hydrogen) atoms. The first-order valence-electron chi connectivity index (χ1n) is 8.34. The summed E-state index contributed by atoms with van der Waals surface area (Å²) in [6.45, 7) is 2.63. The van der Waals surface area contributed by atoms with Gasteiger partial charge in [0.05, 0.1) is 33.7 Å². The van der Waals surface area contributed by atoms with Crippen molar-refractivity contribution in [3.63, 3.8) is 0 Å². The maximum absolute atomic E-state index is 11.9. The minimum absolute atomic E-state index is 0.122. The van der Waals surface area contributed by atoms with Gasteiger partial charge in [-0.3, -0.25) is 9.59 Å². The largest absolute Gasteiger partial charge is 0.466 e. The van der Waals surface area contributed by atoms with E-state index in [1.165, 1.54) is 10.5 Å². The van der Waals surface area contributed by atoms with Gasteiger partial charge in [-0.05, 0) is 19.1 Å². The van der Waals surface area contributed by atoms with Gasteiger partial charge in [0, 0.05) is 31.8 Å². The molecule has 0 heterocycles. The number of hydrogen-bond acceptors (Lipinski definition) is 4. The number of benzene rings is 1. The molecule has 134 valence electrons. The minimum Gasteiger partial charge on any atom is -0.466 e. The van der Waals surface area contributed by atoms with Crippen LogP contribution in [0.2, 0.25) is 0 Å². The molecule has 0 spiro atoms. The van der Waals surface area contributed by atoms with Gasteiger partial charge in [-0.25, -0.2) is 0 Å². The number of anilines is 1. The number of amides is 1. The summed E-state index contributed by atoms with van der Waals surface area (Å²) in [7, 11) is 8.14. The Morgan fingerprint density at radius 2 is 1.79 bits per heavy atom. The van der Waals surface area contributed by atoms with Crippen LogP contribution in [-0.2, 0) is 14.3 Å². The van der Waals surface area contributed by atoms with E-state index in [0.717, 1.165) is 5.69 Å². The van der Waals surface area contributed by atoms with Crippen molar-refractivity contribution in [2.45, 2.75) is 25.8 Å². The molecule has 6 nitrogen and oxygen atoms in total. The maximum atomic E-state index is 11.9. The van der Waals surface area contributed by atoms with E-state index in [9.17, 15) is 9.59 Å². The van der Waals surface area contributed by atoms with Crippen LogP contribution in [0, 0.1) is 0 Å². The van der Waals surface area contributed by atoms with Gasteiger partial charge in [0.1, 0.15) is 6.04 Å². The van der Waals surface area contributed by atoms with E-state index in [2.05, 4.69) is 48.6 Å². The molecule has 0 aliphatic heterocycles. The fourth-order valence-electron chi connectivity index (χ4n) is 2.41. The van der Waals surface area contributed by atoms with Crippen molar-refractivity contribution in [3.8, 4) is 0 Å². The Morgan fingerprint density at radius 1 is 1.17 bits per heavy atom. The molecule has 0 saturated carbocycles. The molecule has 6 heteroatoms. The zero-order chi connectivity index (χ0) is 18.1. The summed E-state index contributed by atoms with van der Waals surface area (Å²) >= 11 is 0. The number of quaternary nitrogens is 1. The van der Waals surface area contributed by atoms with Crippen molar-refractivity contribution in [1.82, 2.24) is 5.32 Å². The number of rotatable bonds is 9. The molecule has 1 amide bonds. The van der Waals surface area contributed by atoms with Gasteiger partial charge in [-0.2, -0.15) is 0 Å². The molecule has 1 aromatic rings. The van der Waals surface area contributed by atoms with E-state index in [1.54, 1.807) is 6.92 Å². The molecule has 0 unspecified atom stereocenters. The third kappa shape index (κ3) is 6.58. The van der Waals surface area contributed by atoms with Gasteiger partial charge < -0.3 is 19.9 Å². The Hall–Kier alpha value is -2.08. The van der Waals surface area contributed by atoms with Crippen LogP contribution in [0.25, 0.3) is 0 Å². The third-order valence-electron chi connectivity index (χ3n) is 3.87. The van der Waals surface area contributed by atoms with Crippen LogP contribution >= 0.6 is 0 Å². The summed E-state index contributed by atoms with van der Waals surface area (Å²) < 4.78 is 4.83. The van der Waals surface area contributed by atoms with Crippen LogP contribution in [0.15, 0.2) is 24.3 Å². The van der Waals surface area contributed by atoms with Crippen molar-refractivity contribution in [2.75, 3.05) is 46.2 Å². The molecule has 0 fully saturated rings. The van der Waals surface area contributed by atoms with Gasteiger partial charge in [0.25, 0.3) is 0 Å². The smallest absolute Gasteiger partial charge is 0.306 e. The molecule has 0 aliphatic rings. The second-order valence-electron chi connectivity index (χ2n) is 6.22. The third-order valence-corrected chi connectivity index (χ3v) is 3.87. The lowest BCUT2D eigenvalue weighted by atomic mass is 10.1. The Morgan fingerprint density at radius 3 is 2.29 bits per heavy atom. The average molecular weight is 336 g/mol. The summed E-state index contributed by atoms with van der Waals surface area (Å²) in [5.74, 6) is -0.457. The van der Waals surface area contributed by atoms with Crippen LogP contribution in [0.1, 0.15) is 31.4 Å². The SMILES string of the molecule is CCOC(=O)CCC(=O)NC[C@@H](c1ccc(N(C)C)cc1)[NH+](C)C. The zero-order valence-corrected chi connectivity index (χ0v) is 15.4. The van der Waals surface area contributed by atoms with Gasteiger partial charge in [0.2, 0.25) is 5.91 Å². The Bertz CT molecular complexity index is 527. The molecule has 0 bridgehead atoms. The summed E-state index contributed by atoms with van der Waals surface area (Å²) in [6.07, 6.45) is 0.282. The standard InChI is InChI=1S/C18H29N3O3/c1-6-24-18(23)12-11-17(22)19-13-16(21(4)5)14-7-9-15(10-8-14)20(2)3/h7-10,16H,6,11-13H2,1-5H3,(H,19,22)/p+1/t16-/m0/s1. The zero-order valence-electron chi connectivity index (χ0n) is 15.4. The Labute approximate surface area is 144 Å². The number of likely N-dealkylation sites (N-methyl/N-ethyl adjacent to an activating group) is 1. The van der Waals surface area contributed by atoms with E-state index in [0.29, 0.717) is 13.2 Å². The number of ether oxygens (including phenoxy) is 1. The fourth-order valence-corrected chi connectivity index (χ4v) is 2.41. The first-order valence-corrected chi connectivity index (χ1v) is 8.34. The molecule has 0 radical (unpaired) electrons. The van der Waals surface area contributed by atoms with E-state index >= 15 is 0 Å². The van der Waals surface area contributed by atoms with Gasteiger partial charge in [-0.15, -0.1) is 0 Å². The summed E-state index contributed by atoms with van der Waals surface area (Å²) in [5, 5.41) is 2.92. The lowest BCUT2D eigenvalue weighted by Gasteiger charge is -2.23. The maximum Gasteiger partial charge on any atom is 0.306 e. The molecular weight excluding hydrogens is 306 g/mol. The summed E-state index contributed by atoms with van der Waals surface area (Å²) in [6, 6.07) is 8.50. The highest BCUT2D eigenvalue weighted by Crippen LogP contribution is 2.16. The van der Waals surface area contributed by atoms with Gasteiger partial charge in [0.15, 0.2) is 0 Å². The molecular formula is C18H30N3O3+. The van der Waals surface area contributed by atoms with Crippen molar-refractivity contribution in [3.05, 3.63) is 29.8 Å². The lowest BCUT2D eigenvalue weighted by molar-refractivity contribution is -0.890. The first kappa shape index (κ1) is 20.0. The van der Waals surface area contributed by atoms with Crippen molar-refractivity contribution in [1.29, 1.82) is 0 Å². The highest BCUT2D eigenvalue weighted by molar-refractivity contribution is 5.81. The summed E-state index contributed by atoms with van der Waals surface area (Å²) in [4.78, 5) is 26.5. The van der Waals surface area contributed by atoms with E-state index in [1.807, 2.05) is 14.1 Å². The number of nitrogens with zero attached hydrogens (tertiary/aromatic N) is 1. The summed E-state index contributed by atoms with van der Waals surface area (Å²) in [5.41, 5.74) is 2.32. The number of hydrogen-bond donors (Lipinski definition) is 2. The number of esters is 1. The molecule has 0 saturated heterocycles. The van der Waals surface area contributed by atoms with Crippen LogP contribution < -0.4 is 15.1 Å². The van der Waals surface area contributed by atoms with Crippen molar-refractivity contribution < 1.29 is 19.2 Å². The van der Waals surface area contributed by atoms with Crippen LogP contribution in [0.4, 0.5) is 5.69 Å². The molecule has 2 N–H and O–H groups in total. The molecule has 1 rings (SSSR count). The minimum atomic E-state index is -0.332. The first-order chi connectivity index (χ1) is 11.3. The second-order valence-corrected chi connectivity index (χ2v) is 6.22. The Kier molecular flexibility index (Phi) is 8.26. The lowest BCUT2D eigenvalue weighted by Crippen LogP contribution is -3.07. The van der Waals surface area contributed by atoms with E-state index in [-0.39, 0.29) is 30.8 Å². The van der Waals surface area contributed by atoms with Crippen LogP contribution in [-0.4, -0.2) is 53.2 Å². The van der Waals surface area contributed by atoms with E-state index in [4.69, 9.17) is 4.74 Å². The van der Waals surface area contributed by atoms with Crippen LogP contribution in [0.3, 0.4) is 0 Å². The van der Waals surface area contributed by atoms with Gasteiger partial charge in [-0.1, -0.05) is 12.1 Å². The van der Waals surface area contributed by atoms with Crippen LogP contribution in [0.5, 0.6) is 0 Å². The van der Waals surface area contributed by atoms with Crippen molar-refractivity contribution >= 4 is 17.6 Å². The molecule has 0 aliphatic carbocycles. The number of carbonyl (C=O) groups is 2. The van der Waals surface area contributed by atoms with Gasteiger partial charge >= 0.3 is 5.97 Å². The fraction of sp³-hybridized carbons (Fsp3) is 0.556. The second kappa shape index (κ2) is 9.93. The van der Waals surface area contributed by atoms with Crippen molar-refractivity contribution in [2.24, 2.45) is 0 Å². The number of nitrogens with one attached hydrogen (secondary N) is 2.